The van der Waals surface area contributed by atoms with Crippen LogP contribution < -0.4 is 10.2 Å². The van der Waals surface area contributed by atoms with Gasteiger partial charge in [-0.1, -0.05) is 41.9 Å². The van der Waals surface area contributed by atoms with Gasteiger partial charge in [0, 0.05) is 25.3 Å². The Morgan fingerprint density at radius 2 is 1.81 bits per heavy atom. The number of amides is 1. The Bertz CT molecular complexity index is 871. The number of carbonyl (C=O) groups is 1. The van der Waals surface area contributed by atoms with Crippen molar-refractivity contribution in [2.75, 3.05) is 33.0 Å². The molecule has 0 spiro atoms. The predicted molar refractivity (Wildman–Crippen MR) is 103 cm³/mol. The summed E-state index contributed by atoms with van der Waals surface area (Å²) in [6.07, 6.45) is 0. The largest absolute Gasteiger partial charge is 0.326 e. The van der Waals surface area contributed by atoms with Gasteiger partial charge in [-0.3, -0.25) is 4.79 Å². The second-order valence-electron chi connectivity index (χ2n) is 6.28. The van der Waals surface area contributed by atoms with E-state index in [2.05, 4.69) is 5.32 Å². The first-order valence-corrected chi connectivity index (χ1v) is 9.89. The molecule has 2 aromatic rings. The van der Waals surface area contributed by atoms with Crippen LogP contribution in [-0.2, 0) is 21.4 Å². The van der Waals surface area contributed by atoms with Crippen LogP contribution in [0, 0.1) is 0 Å². The zero-order valence-electron chi connectivity index (χ0n) is 15.0. The summed E-state index contributed by atoms with van der Waals surface area (Å²) in [4.78, 5) is 13.3. The first kappa shape index (κ1) is 20.4. The van der Waals surface area contributed by atoms with E-state index in [0.717, 1.165) is 21.3 Å². The van der Waals surface area contributed by atoms with Crippen LogP contribution in [-0.4, -0.2) is 46.3 Å². The van der Waals surface area contributed by atoms with E-state index in [0.29, 0.717) is 5.69 Å². The zero-order chi connectivity index (χ0) is 19.3. The minimum Gasteiger partial charge on any atom is -0.326 e. The first-order valence-electron chi connectivity index (χ1n) is 8.07. The standard InChI is InChI=1S/C18H22ClN3O3S/c1-21(2)26(24,25)17-11-15(9-10-16(17)19)20-18(23)13-22(3)12-14-7-5-4-6-8-14/h4-11H,12-13H2,1-3H3,(H,20,23)/p+1. The Morgan fingerprint density at radius 3 is 2.42 bits per heavy atom. The maximum atomic E-state index is 12.3. The molecule has 0 aliphatic rings. The van der Waals surface area contributed by atoms with Crippen molar-refractivity contribution in [3.8, 4) is 0 Å². The van der Waals surface area contributed by atoms with Crippen molar-refractivity contribution in [1.29, 1.82) is 0 Å². The van der Waals surface area contributed by atoms with E-state index in [-0.39, 0.29) is 22.4 Å². The van der Waals surface area contributed by atoms with Crippen LogP contribution in [0.5, 0.6) is 0 Å². The van der Waals surface area contributed by atoms with E-state index in [1.807, 2.05) is 37.4 Å². The molecule has 0 bridgehead atoms. The minimum absolute atomic E-state index is 0.0352. The Hall–Kier alpha value is -1.93. The number of likely N-dealkylation sites (N-methyl/N-ethyl adjacent to an activating group) is 1. The van der Waals surface area contributed by atoms with E-state index >= 15 is 0 Å². The summed E-state index contributed by atoms with van der Waals surface area (Å²) in [5, 5.41) is 2.85. The number of quaternary nitrogens is 1. The maximum Gasteiger partial charge on any atom is 0.279 e. The molecule has 2 N–H and O–H groups in total. The fourth-order valence-corrected chi connectivity index (χ4v) is 3.86. The number of rotatable bonds is 7. The van der Waals surface area contributed by atoms with Gasteiger partial charge in [-0.25, -0.2) is 12.7 Å². The molecule has 0 saturated carbocycles. The van der Waals surface area contributed by atoms with Gasteiger partial charge in [0.25, 0.3) is 5.91 Å². The highest BCUT2D eigenvalue weighted by atomic mass is 35.5. The Balaban J connectivity index is 2.05. The molecule has 0 heterocycles. The molecular formula is C18H23ClN3O3S+. The van der Waals surface area contributed by atoms with Gasteiger partial charge in [0.2, 0.25) is 10.0 Å². The Morgan fingerprint density at radius 1 is 1.15 bits per heavy atom. The summed E-state index contributed by atoms with van der Waals surface area (Å²) < 4.78 is 25.7. The third kappa shape index (κ3) is 5.28. The Labute approximate surface area is 159 Å². The lowest BCUT2D eigenvalue weighted by Gasteiger charge is -2.16. The highest BCUT2D eigenvalue weighted by Gasteiger charge is 2.21. The average Bonchev–Trinajstić information content (AvgIpc) is 2.57. The molecular weight excluding hydrogens is 374 g/mol. The second kappa shape index (κ2) is 8.64. The lowest BCUT2D eigenvalue weighted by atomic mass is 10.2. The molecule has 0 aliphatic carbocycles. The van der Waals surface area contributed by atoms with Crippen LogP contribution in [0.15, 0.2) is 53.4 Å². The van der Waals surface area contributed by atoms with Gasteiger partial charge >= 0.3 is 0 Å². The summed E-state index contributed by atoms with van der Waals surface area (Å²) in [7, 11) is 1.10. The van der Waals surface area contributed by atoms with Gasteiger partial charge < -0.3 is 10.2 Å². The van der Waals surface area contributed by atoms with Crippen LogP contribution in [0.1, 0.15) is 5.56 Å². The van der Waals surface area contributed by atoms with Crippen molar-refractivity contribution in [3.05, 3.63) is 59.1 Å². The fourth-order valence-electron chi connectivity index (χ4n) is 2.46. The quantitative estimate of drug-likeness (QED) is 0.739. The van der Waals surface area contributed by atoms with Crippen molar-refractivity contribution >= 4 is 33.2 Å². The molecule has 26 heavy (non-hydrogen) atoms. The topological polar surface area (TPSA) is 70.9 Å². The summed E-state index contributed by atoms with van der Waals surface area (Å²) >= 11 is 6.01. The monoisotopic (exact) mass is 396 g/mol. The molecule has 0 radical (unpaired) electrons. The van der Waals surface area contributed by atoms with Crippen molar-refractivity contribution in [1.82, 2.24) is 4.31 Å². The SMILES string of the molecule is CN(C)S(=O)(=O)c1cc(NC(=O)C[NH+](C)Cc2ccccc2)ccc1Cl. The molecule has 0 fully saturated rings. The molecule has 0 aliphatic heterocycles. The molecule has 2 rings (SSSR count). The number of nitrogens with one attached hydrogen (secondary N) is 2. The van der Waals surface area contributed by atoms with E-state index in [4.69, 9.17) is 11.6 Å². The van der Waals surface area contributed by atoms with Gasteiger partial charge in [0.05, 0.1) is 12.1 Å². The normalized spacial score (nSPS) is 12.8. The van der Waals surface area contributed by atoms with Gasteiger partial charge in [-0.05, 0) is 18.2 Å². The van der Waals surface area contributed by atoms with Crippen LogP contribution in [0.3, 0.4) is 0 Å². The molecule has 1 amide bonds. The summed E-state index contributed by atoms with van der Waals surface area (Å²) in [5.41, 5.74) is 1.54. The molecule has 0 aromatic heterocycles. The Kier molecular flexibility index (Phi) is 6.77. The molecule has 8 heteroatoms. The van der Waals surface area contributed by atoms with Crippen LogP contribution in [0.4, 0.5) is 5.69 Å². The van der Waals surface area contributed by atoms with Crippen LogP contribution in [0.25, 0.3) is 0 Å². The van der Waals surface area contributed by atoms with Gasteiger partial charge in [0.15, 0.2) is 6.54 Å². The maximum absolute atomic E-state index is 12.3. The van der Waals surface area contributed by atoms with Crippen molar-refractivity contribution in [2.45, 2.75) is 11.4 Å². The van der Waals surface area contributed by atoms with Crippen molar-refractivity contribution in [3.63, 3.8) is 0 Å². The third-order valence-corrected chi connectivity index (χ3v) is 6.08. The highest BCUT2D eigenvalue weighted by Crippen LogP contribution is 2.26. The van der Waals surface area contributed by atoms with Crippen LogP contribution in [0.2, 0.25) is 5.02 Å². The lowest BCUT2D eigenvalue weighted by Crippen LogP contribution is -3.08. The van der Waals surface area contributed by atoms with E-state index in [1.54, 1.807) is 6.07 Å². The number of hydrogen-bond donors (Lipinski definition) is 2. The second-order valence-corrected chi connectivity index (χ2v) is 8.80. The first-order chi connectivity index (χ1) is 12.2. The van der Waals surface area contributed by atoms with Crippen LogP contribution >= 0.6 is 11.6 Å². The molecule has 2 aromatic carbocycles. The number of nitrogens with zero attached hydrogens (tertiary/aromatic N) is 1. The highest BCUT2D eigenvalue weighted by molar-refractivity contribution is 7.89. The number of halogens is 1. The molecule has 0 saturated heterocycles. The molecule has 6 nitrogen and oxygen atoms in total. The lowest BCUT2D eigenvalue weighted by molar-refractivity contribution is -0.885. The fraction of sp³-hybridized carbons (Fsp3) is 0.278. The van der Waals surface area contributed by atoms with Gasteiger partial charge in [0.1, 0.15) is 11.4 Å². The van der Waals surface area contributed by atoms with Crippen molar-refractivity contribution in [2.24, 2.45) is 0 Å². The molecule has 1 atom stereocenters. The number of anilines is 1. The smallest absolute Gasteiger partial charge is 0.279 e. The van der Waals surface area contributed by atoms with E-state index in [9.17, 15) is 13.2 Å². The number of hydrogen-bond acceptors (Lipinski definition) is 3. The predicted octanol–water partition coefficient (Wildman–Crippen LogP) is 1.24. The van der Waals surface area contributed by atoms with E-state index in [1.165, 1.54) is 26.2 Å². The third-order valence-electron chi connectivity index (χ3n) is 3.78. The number of carbonyl (C=O) groups excluding carboxylic acids is 1. The number of sulfonamides is 1. The summed E-state index contributed by atoms with van der Waals surface area (Å²) in [6.45, 7) is 0.975. The number of benzene rings is 2. The van der Waals surface area contributed by atoms with Gasteiger partial charge in [-0.2, -0.15) is 0 Å². The summed E-state index contributed by atoms with van der Waals surface area (Å²) in [6, 6.07) is 14.3. The van der Waals surface area contributed by atoms with Crippen molar-refractivity contribution < 1.29 is 18.1 Å². The van der Waals surface area contributed by atoms with Gasteiger partial charge in [-0.15, -0.1) is 0 Å². The molecule has 1 unspecified atom stereocenters. The minimum atomic E-state index is -3.68. The summed E-state index contributed by atoms with van der Waals surface area (Å²) in [5.74, 6) is -0.200. The van der Waals surface area contributed by atoms with E-state index < -0.39 is 10.0 Å². The zero-order valence-corrected chi connectivity index (χ0v) is 16.6. The molecule has 140 valence electrons. The average molecular weight is 397 g/mol.